The Hall–Kier alpha value is -0.910. The minimum atomic E-state index is -1.61. The zero-order valence-corrected chi connectivity index (χ0v) is 6.20. The van der Waals surface area contributed by atoms with E-state index in [1.807, 2.05) is 5.48 Å². The van der Waals surface area contributed by atoms with Crippen LogP contribution in [-0.4, -0.2) is 28.5 Å². The molecule has 0 fully saturated rings. The van der Waals surface area contributed by atoms with Crippen LogP contribution in [0, 0.1) is 0 Å². The van der Waals surface area contributed by atoms with Crippen molar-refractivity contribution in [3.8, 4) is 0 Å². The molecule has 0 aromatic rings. The number of hydrogen-bond acceptors (Lipinski definition) is 5. The quantitative estimate of drug-likeness (QED) is 0.278. The summed E-state index contributed by atoms with van der Waals surface area (Å²) in [6.07, 6.45) is 0.931. The third-order valence-corrected chi connectivity index (χ3v) is 0.846. The van der Waals surface area contributed by atoms with E-state index in [2.05, 4.69) is 11.4 Å². The number of aliphatic hydroxyl groups is 2. The van der Waals surface area contributed by atoms with Crippen molar-refractivity contribution >= 4 is 5.97 Å². The minimum absolute atomic E-state index is 0.558. The second-order valence-corrected chi connectivity index (χ2v) is 2.16. The van der Waals surface area contributed by atoms with Crippen LogP contribution in [0.4, 0.5) is 0 Å². The van der Waals surface area contributed by atoms with Crippen LogP contribution in [0.5, 0.6) is 0 Å². The van der Waals surface area contributed by atoms with Crippen LogP contribution >= 0.6 is 0 Å². The largest absolute Gasteiger partial charge is 0.392 e. The number of rotatable bonds is 4. The smallest absolute Gasteiger partial charge is 0.348 e. The fraction of sp³-hybridized carbons (Fsp3) is 0.500. The highest BCUT2D eigenvalue weighted by atomic mass is 16.7. The highest BCUT2D eigenvalue weighted by Crippen LogP contribution is 1.94. The molecule has 0 aliphatic rings. The molecule has 0 rings (SSSR count). The van der Waals surface area contributed by atoms with Crippen molar-refractivity contribution in [1.29, 1.82) is 0 Å². The first kappa shape index (κ1) is 10.1. The van der Waals surface area contributed by atoms with Crippen molar-refractivity contribution in [2.45, 2.75) is 12.6 Å². The first-order valence-electron chi connectivity index (χ1n) is 2.95. The van der Waals surface area contributed by atoms with Crippen molar-refractivity contribution in [1.82, 2.24) is 5.48 Å². The van der Waals surface area contributed by atoms with Gasteiger partial charge < -0.3 is 15.1 Å². The Labute approximate surface area is 64.2 Å². The van der Waals surface area contributed by atoms with Gasteiger partial charge in [0.15, 0.2) is 5.72 Å². The van der Waals surface area contributed by atoms with Gasteiger partial charge in [-0.3, -0.25) is 0 Å². The molecule has 0 saturated carbocycles. The highest BCUT2D eigenvalue weighted by Gasteiger charge is 2.19. The zero-order chi connectivity index (χ0) is 8.91. The molecule has 64 valence electrons. The summed E-state index contributed by atoms with van der Waals surface area (Å²) in [7, 11) is 0. The molecule has 11 heavy (non-hydrogen) atoms. The fourth-order valence-electron chi connectivity index (χ4n) is 0.234. The predicted molar refractivity (Wildman–Crippen MR) is 37.1 cm³/mol. The van der Waals surface area contributed by atoms with Gasteiger partial charge in [-0.15, -0.1) is 5.48 Å². The standard InChI is InChI=1S/C6H11NO4/c1-3-5(9)11-7-6(2,10)4-8/h3,7-8,10H,1,4H2,2H3. The average molecular weight is 161 g/mol. The molecule has 0 heterocycles. The molecule has 0 amide bonds. The Balaban J connectivity index is 3.69. The fourth-order valence-corrected chi connectivity index (χ4v) is 0.234. The summed E-state index contributed by atoms with van der Waals surface area (Å²) in [6, 6.07) is 0. The van der Waals surface area contributed by atoms with Gasteiger partial charge >= 0.3 is 5.97 Å². The lowest BCUT2D eigenvalue weighted by atomic mass is 10.3. The van der Waals surface area contributed by atoms with Crippen LogP contribution in [0.15, 0.2) is 12.7 Å². The first-order chi connectivity index (χ1) is 5.02. The molecular formula is C6H11NO4. The summed E-state index contributed by atoms with van der Waals surface area (Å²) in [5, 5.41) is 17.4. The van der Waals surface area contributed by atoms with E-state index in [9.17, 15) is 4.79 Å². The maximum absolute atomic E-state index is 10.4. The Kier molecular flexibility index (Phi) is 3.73. The number of carbonyl (C=O) groups excluding carboxylic acids is 1. The van der Waals surface area contributed by atoms with Crippen molar-refractivity contribution < 1.29 is 19.8 Å². The Morgan fingerprint density at radius 1 is 1.91 bits per heavy atom. The molecule has 1 unspecified atom stereocenters. The zero-order valence-electron chi connectivity index (χ0n) is 6.20. The van der Waals surface area contributed by atoms with Gasteiger partial charge in [0.2, 0.25) is 0 Å². The number of aliphatic hydroxyl groups excluding tert-OH is 1. The van der Waals surface area contributed by atoms with Crippen LogP contribution in [0.2, 0.25) is 0 Å². The lowest BCUT2D eigenvalue weighted by Crippen LogP contribution is -2.46. The normalized spacial score (nSPS) is 15.2. The van der Waals surface area contributed by atoms with Gasteiger partial charge in [0, 0.05) is 6.08 Å². The molecule has 0 aromatic heterocycles. The van der Waals surface area contributed by atoms with Crippen molar-refractivity contribution in [2.24, 2.45) is 0 Å². The minimum Gasteiger partial charge on any atom is -0.392 e. The third kappa shape index (κ3) is 4.49. The third-order valence-electron chi connectivity index (χ3n) is 0.846. The summed E-state index contributed by atoms with van der Waals surface area (Å²) in [5.41, 5.74) is 0.332. The number of hydrogen-bond donors (Lipinski definition) is 3. The summed E-state index contributed by atoms with van der Waals surface area (Å²) in [6.45, 7) is 3.82. The molecule has 0 spiro atoms. The van der Waals surface area contributed by atoms with E-state index in [0.29, 0.717) is 0 Å². The van der Waals surface area contributed by atoms with Crippen LogP contribution in [0.1, 0.15) is 6.92 Å². The summed E-state index contributed by atoms with van der Waals surface area (Å²) >= 11 is 0. The summed E-state index contributed by atoms with van der Waals surface area (Å²) in [4.78, 5) is 14.6. The predicted octanol–water partition coefficient (Wildman–Crippen LogP) is -1.08. The van der Waals surface area contributed by atoms with Gasteiger partial charge in [-0.1, -0.05) is 6.58 Å². The Morgan fingerprint density at radius 2 is 2.45 bits per heavy atom. The molecule has 0 radical (unpaired) electrons. The highest BCUT2D eigenvalue weighted by molar-refractivity contribution is 5.80. The van der Waals surface area contributed by atoms with Crippen molar-refractivity contribution in [3.05, 3.63) is 12.7 Å². The molecule has 1 atom stereocenters. The van der Waals surface area contributed by atoms with Gasteiger partial charge in [0.05, 0.1) is 6.61 Å². The Morgan fingerprint density at radius 3 is 2.82 bits per heavy atom. The number of hydroxylamine groups is 1. The topological polar surface area (TPSA) is 78.8 Å². The van der Waals surface area contributed by atoms with E-state index in [0.717, 1.165) is 6.08 Å². The van der Waals surface area contributed by atoms with Gasteiger partial charge in [-0.2, -0.15) is 0 Å². The molecule has 0 aromatic carbocycles. The van der Waals surface area contributed by atoms with E-state index in [1.54, 1.807) is 0 Å². The molecule has 0 aliphatic carbocycles. The van der Waals surface area contributed by atoms with Gasteiger partial charge in [0.25, 0.3) is 0 Å². The van der Waals surface area contributed by atoms with E-state index in [1.165, 1.54) is 6.92 Å². The maximum Gasteiger partial charge on any atom is 0.348 e. The molecular weight excluding hydrogens is 150 g/mol. The molecule has 5 nitrogen and oxygen atoms in total. The summed E-state index contributed by atoms with van der Waals surface area (Å²) in [5.74, 6) is -0.723. The monoisotopic (exact) mass is 161 g/mol. The van der Waals surface area contributed by atoms with Crippen LogP contribution in [0.25, 0.3) is 0 Å². The first-order valence-corrected chi connectivity index (χ1v) is 2.95. The van der Waals surface area contributed by atoms with Crippen LogP contribution < -0.4 is 5.48 Å². The SMILES string of the molecule is C=CC(=O)ONC(C)(O)CO. The maximum atomic E-state index is 10.4. The van der Waals surface area contributed by atoms with E-state index in [-0.39, 0.29) is 0 Å². The van der Waals surface area contributed by atoms with Crippen molar-refractivity contribution in [2.75, 3.05) is 6.61 Å². The lowest BCUT2D eigenvalue weighted by Gasteiger charge is -2.19. The molecule has 0 bridgehead atoms. The number of carbonyl (C=O) groups is 1. The van der Waals surface area contributed by atoms with E-state index >= 15 is 0 Å². The second-order valence-electron chi connectivity index (χ2n) is 2.16. The molecule has 0 aliphatic heterocycles. The van der Waals surface area contributed by atoms with Crippen LogP contribution in [-0.2, 0) is 9.63 Å². The van der Waals surface area contributed by atoms with Crippen LogP contribution in [0.3, 0.4) is 0 Å². The molecule has 3 N–H and O–H groups in total. The Bertz CT molecular complexity index is 155. The number of nitrogens with one attached hydrogen (secondary N) is 1. The van der Waals surface area contributed by atoms with E-state index < -0.39 is 18.3 Å². The molecule has 0 saturated heterocycles. The van der Waals surface area contributed by atoms with Gasteiger partial charge in [-0.25, -0.2) is 4.79 Å². The van der Waals surface area contributed by atoms with E-state index in [4.69, 9.17) is 10.2 Å². The van der Waals surface area contributed by atoms with Gasteiger partial charge in [0.1, 0.15) is 0 Å². The lowest BCUT2D eigenvalue weighted by molar-refractivity contribution is -0.170. The van der Waals surface area contributed by atoms with Gasteiger partial charge in [-0.05, 0) is 6.92 Å². The molecule has 5 heteroatoms. The summed E-state index contributed by atoms with van der Waals surface area (Å²) < 4.78 is 0. The second kappa shape index (κ2) is 4.07. The van der Waals surface area contributed by atoms with Crippen molar-refractivity contribution in [3.63, 3.8) is 0 Å². The average Bonchev–Trinajstić information content (AvgIpc) is 2.00.